The fraction of sp³-hybridized carbons (Fsp3) is 0.188. The lowest BCUT2D eigenvalue weighted by molar-refractivity contribution is -0.115. The SMILES string of the molecule is Cc1ccc(-n2nnnc2S[C@H](C)C(=O)Nc2ccc(Cl)cn2)cc1. The zero-order valence-electron chi connectivity index (χ0n) is 13.5. The van der Waals surface area contributed by atoms with E-state index >= 15 is 0 Å². The number of tetrazole rings is 1. The first-order valence-corrected chi connectivity index (χ1v) is 8.73. The molecule has 9 heteroatoms. The third kappa shape index (κ3) is 4.34. The number of hydrogen-bond acceptors (Lipinski definition) is 6. The number of anilines is 1. The average molecular weight is 375 g/mol. The fourth-order valence-electron chi connectivity index (χ4n) is 1.99. The molecule has 0 saturated carbocycles. The molecule has 0 radical (unpaired) electrons. The second kappa shape index (κ2) is 7.62. The number of rotatable bonds is 5. The first kappa shape index (κ1) is 17.4. The van der Waals surface area contributed by atoms with Gasteiger partial charge in [-0.3, -0.25) is 4.79 Å². The van der Waals surface area contributed by atoms with Crippen molar-refractivity contribution in [2.24, 2.45) is 0 Å². The topological polar surface area (TPSA) is 85.6 Å². The van der Waals surface area contributed by atoms with E-state index in [9.17, 15) is 4.79 Å². The summed E-state index contributed by atoms with van der Waals surface area (Å²) in [5.74, 6) is 0.248. The molecule has 0 saturated heterocycles. The molecule has 7 nitrogen and oxygen atoms in total. The van der Waals surface area contributed by atoms with Gasteiger partial charge in [0.2, 0.25) is 11.1 Å². The van der Waals surface area contributed by atoms with Crippen molar-refractivity contribution in [2.75, 3.05) is 5.32 Å². The van der Waals surface area contributed by atoms with Gasteiger partial charge < -0.3 is 5.32 Å². The Morgan fingerprint density at radius 3 is 2.68 bits per heavy atom. The molecule has 2 aromatic heterocycles. The van der Waals surface area contributed by atoms with Crippen LogP contribution in [-0.2, 0) is 4.79 Å². The summed E-state index contributed by atoms with van der Waals surface area (Å²) in [6.07, 6.45) is 1.48. The van der Waals surface area contributed by atoms with Gasteiger partial charge in [-0.05, 0) is 48.5 Å². The predicted octanol–water partition coefficient (Wildman–Crippen LogP) is 3.14. The fourth-order valence-corrected chi connectivity index (χ4v) is 2.91. The standard InChI is InChI=1S/C16H15ClN6OS/c1-10-3-6-13(7-4-10)23-16(20-21-22-23)25-11(2)15(24)19-14-8-5-12(17)9-18-14/h3-9,11H,1-2H3,(H,18,19,24)/t11-/m1/s1. The Morgan fingerprint density at radius 1 is 1.24 bits per heavy atom. The smallest absolute Gasteiger partial charge is 0.238 e. The Bertz CT molecular complexity index is 865. The summed E-state index contributed by atoms with van der Waals surface area (Å²) in [6.45, 7) is 3.79. The predicted molar refractivity (Wildman–Crippen MR) is 97.1 cm³/mol. The highest BCUT2D eigenvalue weighted by Gasteiger charge is 2.19. The van der Waals surface area contributed by atoms with Crippen LogP contribution < -0.4 is 5.32 Å². The minimum absolute atomic E-state index is 0.196. The third-order valence-corrected chi connectivity index (χ3v) is 4.61. The van der Waals surface area contributed by atoms with Crippen LogP contribution in [0.3, 0.4) is 0 Å². The lowest BCUT2D eigenvalue weighted by Gasteiger charge is -2.11. The number of nitrogens with zero attached hydrogens (tertiary/aromatic N) is 5. The molecule has 1 aromatic carbocycles. The minimum atomic E-state index is -0.410. The number of nitrogens with one attached hydrogen (secondary N) is 1. The van der Waals surface area contributed by atoms with Crippen LogP contribution in [0.2, 0.25) is 5.02 Å². The maximum absolute atomic E-state index is 12.3. The second-order valence-electron chi connectivity index (χ2n) is 5.32. The highest BCUT2D eigenvalue weighted by Crippen LogP contribution is 2.24. The van der Waals surface area contributed by atoms with Gasteiger partial charge in [-0.2, -0.15) is 4.68 Å². The molecule has 1 atom stereocenters. The molecule has 1 amide bonds. The van der Waals surface area contributed by atoms with Crippen molar-refractivity contribution in [3.8, 4) is 5.69 Å². The quantitative estimate of drug-likeness (QED) is 0.690. The Balaban J connectivity index is 1.70. The number of benzene rings is 1. The maximum Gasteiger partial charge on any atom is 0.238 e. The lowest BCUT2D eigenvalue weighted by Crippen LogP contribution is -2.23. The van der Waals surface area contributed by atoms with E-state index in [0.717, 1.165) is 11.3 Å². The average Bonchev–Trinajstić information content (AvgIpc) is 3.05. The van der Waals surface area contributed by atoms with Crippen LogP contribution in [0.25, 0.3) is 5.69 Å². The summed E-state index contributed by atoms with van der Waals surface area (Å²) < 4.78 is 1.61. The molecule has 0 aliphatic heterocycles. The van der Waals surface area contributed by atoms with Crippen molar-refractivity contribution in [1.29, 1.82) is 0 Å². The van der Waals surface area contributed by atoms with Gasteiger partial charge in [0.25, 0.3) is 0 Å². The summed E-state index contributed by atoms with van der Waals surface area (Å²) >= 11 is 7.05. The first-order chi connectivity index (χ1) is 12.0. The monoisotopic (exact) mass is 374 g/mol. The van der Waals surface area contributed by atoms with E-state index in [1.807, 2.05) is 31.2 Å². The molecular weight excluding hydrogens is 360 g/mol. The van der Waals surface area contributed by atoms with Crippen LogP contribution in [0.4, 0.5) is 5.82 Å². The van der Waals surface area contributed by atoms with Gasteiger partial charge in [-0.1, -0.05) is 41.1 Å². The van der Waals surface area contributed by atoms with Gasteiger partial charge in [0.05, 0.1) is 16.0 Å². The molecule has 0 unspecified atom stereocenters. The number of amides is 1. The third-order valence-electron chi connectivity index (χ3n) is 3.35. The van der Waals surface area contributed by atoms with Crippen molar-refractivity contribution < 1.29 is 4.79 Å². The molecule has 128 valence electrons. The number of hydrogen-bond donors (Lipinski definition) is 1. The normalized spacial score (nSPS) is 12.0. The zero-order valence-corrected chi connectivity index (χ0v) is 15.1. The van der Waals surface area contributed by atoms with Crippen LogP contribution in [0.15, 0.2) is 47.8 Å². The molecule has 2 heterocycles. The molecule has 1 N–H and O–H groups in total. The van der Waals surface area contributed by atoms with Crippen LogP contribution in [0.1, 0.15) is 12.5 Å². The maximum atomic E-state index is 12.3. The highest BCUT2D eigenvalue weighted by molar-refractivity contribution is 8.00. The largest absolute Gasteiger partial charge is 0.310 e. The van der Waals surface area contributed by atoms with Gasteiger partial charge in [-0.15, -0.1) is 5.10 Å². The summed E-state index contributed by atoms with van der Waals surface area (Å²) in [6, 6.07) is 11.1. The molecular formula is C16H15ClN6OS. The summed E-state index contributed by atoms with van der Waals surface area (Å²) in [5, 5.41) is 15.1. The molecule has 3 rings (SSSR count). The Hall–Kier alpha value is -2.45. The van der Waals surface area contributed by atoms with Crippen molar-refractivity contribution in [3.63, 3.8) is 0 Å². The molecule has 25 heavy (non-hydrogen) atoms. The van der Waals surface area contributed by atoms with Crippen molar-refractivity contribution >= 4 is 35.1 Å². The van der Waals surface area contributed by atoms with E-state index in [1.165, 1.54) is 18.0 Å². The van der Waals surface area contributed by atoms with Crippen LogP contribution >= 0.6 is 23.4 Å². The second-order valence-corrected chi connectivity index (χ2v) is 7.06. The summed E-state index contributed by atoms with van der Waals surface area (Å²) in [7, 11) is 0. The molecule has 0 bridgehead atoms. The van der Waals surface area contributed by atoms with Gasteiger partial charge in [-0.25, -0.2) is 4.98 Å². The van der Waals surface area contributed by atoms with E-state index < -0.39 is 5.25 Å². The summed E-state index contributed by atoms with van der Waals surface area (Å²) in [4.78, 5) is 16.4. The number of pyridine rings is 1. The lowest BCUT2D eigenvalue weighted by atomic mass is 10.2. The number of thioether (sulfide) groups is 1. The molecule has 3 aromatic rings. The highest BCUT2D eigenvalue weighted by atomic mass is 35.5. The van der Waals surface area contributed by atoms with Crippen LogP contribution in [0.5, 0.6) is 0 Å². The first-order valence-electron chi connectivity index (χ1n) is 7.47. The van der Waals surface area contributed by atoms with E-state index in [0.29, 0.717) is 16.0 Å². The van der Waals surface area contributed by atoms with E-state index in [4.69, 9.17) is 11.6 Å². The van der Waals surface area contributed by atoms with E-state index in [2.05, 4.69) is 25.8 Å². The minimum Gasteiger partial charge on any atom is -0.310 e. The van der Waals surface area contributed by atoms with Gasteiger partial charge in [0.1, 0.15) is 5.82 Å². The zero-order chi connectivity index (χ0) is 17.8. The molecule has 0 aliphatic carbocycles. The molecule has 0 spiro atoms. The van der Waals surface area contributed by atoms with Crippen molar-refractivity contribution in [3.05, 3.63) is 53.2 Å². The Kier molecular flexibility index (Phi) is 5.30. The van der Waals surface area contributed by atoms with Crippen LogP contribution in [-0.4, -0.2) is 36.3 Å². The number of aromatic nitrogens is 5. The van der Waals surface area contributed by atoms with Gasteiger partial charge in [0.15, 0.2) is 0 Å². The van der Waals surface area contributed by atoms with Crippen molar-refractivity contribution in [2.45, 2.75) is 24.3 Å². The Morgan fingerprint density at radius 2 is 2.00 bits per heavy atom. The summed E-state index contributed by atoms with van der Waals surface area (Å²) in [5.41, 5.74) is 1.99. The van der Waals surface area contributed by atoms with E-state index in [-0.39, 0.29) is 5.91 Å². The molecule has 0 fully saturated rings. The van der Waals surface area contributed by atoms with Crippen LogP contribution in [0, 0.1) is 6.92 Å². The number of carbonyl (C=O) groups excluding carboxylic acids is 1. The number of halogens is 1. The molecule has 0 aliphatic rings. The van der Waals surface area contributed by atoms with Crippen molar-refractivity contribution in [1.82, 2.24) is 25.2 Å². The Labute approximate surface area is 153 Å². The number of carbonyl (C=O) groups is 1. The number of aryl methyl sites for hydroxylation is 1. The van der Waals surface area contributed by atoms with Gasteiger partial charge in [0, 0.05) is 6.20 Å². The van der Waals surface area contributed by atoms with E-state index in [1.54, 1.807) is 23.7 Å². The van der Waals surface area contributed by atoms with Gasteiger partial charge >= 0.3 is 0 Å².